The Hall–Kier alpha value is -2.82. The van der Waals surface area contributed by atoms with Gasteiger partial charge in [0.25, 0.3) is 0 Å². The number of para-hydroxylation sites is 1. The fourth-order valence-corrected chi connectivity index (χ4v) is 3.19. The van der Waals surface area contributed by atoms with Gasteiger partial charge in [-0.05, 0) is 23.6 Å². The number of benzene rings is 2. The Morgan fingerprint density at radius 1 is 1.00 bits per heavy atom. The molecule has 3 aromatic rings. The first-order valence-corrected chi connectivity index (χ1v) is 8.23. The molecular weight excluding hydrogens is 302 g/mol. The van der Waals surface area contributed by atoms with Gasteiger partial charge in [-0.15, -0.1) is 5.10 Å². The van der Waals surface area contributed by atoms with Crippen molar-refractivity contribution in [3.05, 3.63) is 82.2 Å². The molecule has 0 radical (unpaired) electrons. The predicted octanol–water partition coefficient (Wildman–Crippen LogP) is 2.49. The first-order chi connectivity index (χ1) is 11.8. The lowest BCUT2D eigenvalue weighted by molar-refractivity contribution is 0.451. The van der Waals surface area contributed by atoms with Crippen molar-refractivity contribution < 1.29 is 4.42 Å². The van der Waals surface area contributed by atoms with Crippen molar-refractivity contribution in [3.8, 4) is 0 Å². The van der Waals surface area contributed by atoms with E-state index in [0.29, 0.717) is 18.9 Å². The average Bonchev–Trinajstić information content (AvgIpc) is 3.17. The molecule has 1 aromatic heterocycles. The smallest absolute Gasteiger partial charge is 0.392 e. The van der Waals surface area contributed by atoms with Crippen LogP contribution in [0.3, 0.4) is 0 Å². The minimum atomic E-state index is -0.381. The lowest BCUT2D eigenvalue weighted by Gasteiger charge is -2.18. The summed E-state index contributed by atoms with van der Waals surface area (Å²) in [6.07, 6.45) is 1.60. The lowest BCUT2D eigenvalue weighted by atomic mass is 10.2. The van der Waals surface area contributed by atoms with E-state index in [9.17, 15) is 4.79 Å². The van der Waals surface area contributed by atoms with E-state index in [2.05, 4.69) is 34.3 Å². The summed E-state index contributed by atoms with van der Waals surface area (Å²) in [6.45, 7) is 2.28. The number of anilines is 1. The summed E-state index contributed by atoms with van der Waals surface area (Å²) in [7, 11) is 0. The van der Waals surface area contributed by atoms with Gasteiger partial charge in [0.1, 0.15) is 0 Å². The summed E-state index contributed by atoms with van der Waals surface area (Å²) < 4.78 is 6.71. The zero-order chi connectivity index (χ0) is 16.4. The van der Waals surface area contributed by atoms with Gasteiger partial charge in [-0.1, -0.05) is 48.5 Å². The van der Waals surface area contributed by atoms with Crippen LogP contribution in [0.25, 0.3) is 0 Å². The van der Waals surface area contributed by atoms with Crippen LogP contribution in [0.4, 0.5) is 5.69 Å². The molecule has 1 aliphatic heterocycles. The first-order valence-electron chi connectivity index (χ1n) is 8.23. The maximum absolute atomic E-state index is 12.0. The van der Waals surface area contributed by atoms with Crippen LogP contribution < -0.4 is 10.7 Å². The van der Waals surface area contributed by atoms with Crippen LogP contribution in [0.2, 0.25) is 0 Å². The zero-order valence-electron chi connectivity index (χ0n) is 13.4. The minimum Gasteiger partial charge on any atom is -0.392 e. The Kier molecular flexibility index (Phi) is 3.91. The van der Waals surface area contributed by atoms with E-state index in [1.807, 2.05) is 30.3 Å². The second kappa shape index (κ2) is 6.35. The van der Waals surface area contributed by atoms with Crippen molar-refractivity contribution in [2.75, 3.05) is 18.0 Å². The molecular formula is C19H19N3O2. The summed E-state index contributed by atoms with van der Waals surface area (Å²) in [5, 5.41) is 4.33. The van der Waals surface area contributed by atoms with E-state index in [0.717, 1.165) is 25.1 Å². The number of hydrogen-bond donors (Lipinski definition) is 0. The highest BCUT2D eigenvalue weighted by molar-refractivity contribution is 5.57. The summed E-state index contributed by atoms with van der Waals surface area (Å²) in [5.74, 6) is 0.0847. The first kappa shape index (κ1) is 14.8. The fourth-order valence-electron chi connectivity index (χ4n) is 3.19. The number of aromatic nitrogens is 2. The third-order valence-corrected chi connectivity index (χ3v) is 4.41. The van der Waals surface area contributed by atoms with Crippen LogP contribution in [0.1, 0.15) is 17.0 Å². The molecule has 0 amide bonds. The average molecular weight is 321 g/mol. The van der Waals surface area contributed by atoms with Crippen molar-refractivity contribution in [2.24, 2.45) is 0 Å². The molecule has 0 bridgehead atoms. The van der Waals surface area contributed by atoms with Crippen LogP contribution in [0, 0.1) is 0 Å². The Morgan fingerprint density at radius 3 is 2.67 bits per heavy atom. The van der Waals surface area contributed by atoms with Crippen LogP contribution in [0.5, 0.6) is 0 Å². The van der Waals surface area contributed by atoms with Crippen LogP contribution >= 0.6 is 0 Å². The standard InChI is InChI=1S/C19H19N3O2/c23-19-22(20-18(24-19)14-15-6-2-1-3-7-15)13-12-21-11-10-16-8-4-5-9-17(16)21/h1-9H,10-14H2. The molecule has 0 aliphatic carbocycles. The molecule has 122 valence electrons. The minimum absolute atomic E-state index is 0.381. The van der Waals surface area contributed by atoms with E-state index in [-0.39, 0.29) is 5.76 Å². The van der Waals surface area contributed by atoms with Crippen molar-refractivity contribution >= 4 is 5.69 Å². The summed E-state index contributed by atoms with van der Waals surface area (Å²) in [6, 6.07) is 18.3. The summed E-state index contributed by atoms with van der Waals surface area (Å²) in [5.41, 5.74) is 3.72. The highest BCUT2D eigenvalue weighted by Gasteiger charge is 2.18. The van der Waals surface area contributed by atoms with Crippen molar-refractivity contribution in [3.63, 3.8) is 0 Å². The molecule has 5 nitrogen and oxygen atoms in total. The van der Waals surface area contributed by atoms with E-state index in [1.165, 1.54) is 15.9 Å². The van der Waals surface area contributed by atoms with Crippen LogP contribution in [-0.4, -0.2) is 22.9 Å². The van der Waals surface area contributed by atoms with Crippen molar-refractivity contribution in [2.45, 2.75) is 19.4 Å². The van der Waals surface area contributed by atoms with E-state index in [4.69, 9.17) is 4.42 Å². The molecule has 0 N–H and O–H groups in total. The third-order valence-electron chi connectivity index (χ3n) is 4.41. The maximum atomic E-state index is 12.0. The monoisotopic (exact) mass is 321 g/mol. The second-order valence-corrected chi connectivity index (χ2v) is 6.01. The molecule has 0 atom stereocenters. The van der Waals surface area contributed by atoms with Gasteiger partial charge in [-0.2, -0.15) is 4.68 Å². The molecule has 24 heavy (non-hydrogen) atoms. The van der Waals surface area contributed by atoms with Gasteiger partial charge >= 0.3 is 5.76 Å². The molecule has 0 unspecified atom stereocenters. The van der Waals surface area contributed by atoms with Gasteiger partial charge in [-0.3, -0.25) is 0 Å². The number of nitrogens with zero attached hydrogens (tertiary/aromatic N) is 3. The highest BCUT2D eigenvalue weighted by Crippen LogP contribution is 2.26. The van der Waals surface area contributed by atoms with E-state index in [1.54, 1.807) is 0 Å². The van der Waals surface area contributed by atoms with E-state index < -0.39 is 0 Å². The molecule has 2 heterocycles. The SMILES string of the molecule is O=c1oc(Cc2ccccc2)nn1CCN1CCc2ccccc21. The highest BCUT2D eigenvalue weighted by atomic mass is 16.4. The molecule has 0 saturated carbocycles. The van der Waals surface area contributed by atoms with E-state index >= 15 is 0 Å². The van der Waals surface area contributed by atoms with Gasteiger partial charge in [-0.25, -0.2) is 4.79 Å². The molecule has 4 rings (SSSR count). The van der Waals surface area contributed by atoms with Crippen LogP contribution in [0.15, 0.2) is 63.8 Å². The molecule has 0 fully saturated rings. The number of rotatable bonds is 5. The Labute approximate surface area is 140 Å². The molecule has 0 saturated heterocycles. The quantitative estimate of drug-likeness (QED) is 0.724. The summed E-state index contributed by atoms with van der Waals surface area (Å²) in [4.78, 5) is 14.3. The maximum Gasteiger partial charge on any atom is 0.437 e. The van der Waals surface area contributed by atoms with Gasteiger partial charge in [0.15, 0.2) is 0 Å². The fraction of sp³-hybridized carbons (Fsp3) is 0.263. The normalized spacial score (nSPS) is 13.2. The molecule has 5 heteroatoms. The van der Waals surface area contributed by atoms with Gasteiger partial charge in [0.05, 0.1) is 13.0 Å². The number of hydrogen-bond acceptors (Lipinski definition) is 4. The molecule has 2 aromatic carbocycles. The Balaban J connectivity index is 1.44. The Morgan fingerprint density at radius 2 is 1.79 bits per heavy atom. The molecule has 1 aliphatic rings. The van der Waals surface area contributed by atoms with Gasteiger partial charge in [0, 0.05) is 18.8 Å². The second-order valence-electron chi connectivity index (χ2n) is 6.01. The van der Waals surface area contributed by atoms with Gasteiger partial charge in [0.2, 0.25) is 5.89 Å². The largest absolute Gasteiger partial charge is 0.437 e. The zero-order valence-corrected chi connectivity index (χ0v) is 13.4. The summed E-state index contributed by atoms with van der Waals surface area (Å²) >= 11 is 0. The molecule has 0 spiro atoms. The lowest BCUT2D eigenvalue weighted by Crippen LogP contribution is -2.29. The van der Waals surface area contributed by atoms with Crippen molar-refractivity contribution in [1.29, 1.82) is 0 Å². The van der Waals surface area contributed by atoms with Crippen molar-refractivity contribution in [1.82, 2.24) is 9.78 Å². The predicted molar refractivity (Wildman–Crippen MR) is 92.4 cm³/mol. The Bertz CT molecular complexity index is 883. The number of fused-ring (bicyclic) bond motifs is 1. The van der Waals surface area contributed by atoms with Crippen LogP contribution in [-0.2, 0) is 19.4 Å². The third kappa shape index (κ3) is 2.97. The topological polar surface area (TPSA) is 51.3 Å². The van der Waals surface area contributed by atoms with Gasteiger partial charge < -0.3 is 9.32 Å².